The first-order valence-corrected chi connectivity index (χ1v) is 12.4. The molecule has 2 saturated heterocycles. The van der Waals surface area contributed by atoms with Gasteiger partial charge in [0, 0.05) is 12.3 Å². The van der Waals surface area contributed by atoms with Gasteiger partial charge in [0.05, 0.1) is 18.6 Å². The fourth-order valence-electron chi connectivity index (χ4n) is 6.84. The predicted molar refractivity (Wildman–Crippen MR) is 117 cm³/mol. The number of hydrogen-bond donors (Lipinski definition) is 1. The van der Waals surface area contributed by atoms with Crippen LogP contribution >= 0.6 is 0 Å². The zero-order valence-corrected chi connectivity index (χ0v) is 19.3. The number of rotatable bonds is 6. The molecule has 1 saturated carbocycles. The summed E-state index contributed by atoms with van der Waals surface area (Å²) in [6.07, 6.45) is 11.6. The molecule has 1 spiro atoms. The van der Waals surface area contributed by atoms with Crippen molar-refractivity contribution < 1.29 is 24.1 Å². The zero-order chi connectivity index (χ0) is 21.9. The summed E-state index contributed by atoms with van der Waals surface area (Å²) in [5, 5.41) is 10.0. The van der Waals surface area contributed by atoms with Gasteiger partial charge in [0.2, 0.25) is 0 Å². The van der Waals surface area contributed by atoms with Crippen LogP contribution in [-0.4, -0.2) is 41.8 Å². The van der Waals surface area contributed by atoms with E-state index < -0.39 is 6.10 Å². The van der Waals surface area contributed by atoms with Crippen LogP contribution in [0.1, 0.15) is 66.2 Å². The molecule has 5 rings (SSSR count). The Balaban J connectivity index is 1.34. The van der Waals surface area contributed by atoms with Gasteiger partial charge in [-0.2, -0.15) is 0 Å². The average Bonchev–Trinajstić information content (AvgIpc) is 3.61. The number of aliphatic hydroxyl groups excluding tert-OH is 1. The Hall–Kier alpha value is -1.17. The largest absolute Gasteiger partial charge is 0.462 e. The van der Waals surface area contributed by atoms with E-state index in [-0.39, 0.29) is 42.4 Å². The molecule has 3 fully saturated rings. The van der Waals surface area contributed by atoms with Gasteiger partial charge in [-0.15, -0.1) is 0 Å². The van der Waals surface area contributed by atoms with E-state index in [1.165, 1.54) is 5.57 Å². The molecule has 5 nitrogen and oxygen atoms in total. The molecule has 172 valence electrons. The Kier molecular flexibility index (Phi) is 5.59. The quantitative estimate of drug-likeness (QED) is 0.500. The third-order valence-corrected chi connectivity index (χ3v) is 8.80. The lowest BCUT2D eigenvalue weighted by Gasteiger charge is -2.45. The van der Waals surface area contributed by atoms with Crippen LogP contribution in [0.5, 0.6) is 0 Å². The molecule has 2 heterocycles. The summed E-state index contributed by atoms with van der Waals surface area (Å²) in [4.78, 5) is 11.8. The average molecular weight is 431 g/mol. The number of ether oxygens (including phenoxy) is 3. The highest BCUT2D eigenvalue weighted by atomic mass is 16.8. The lowest BCUT2D eigenvalue weighted by atomic mass is 9.63. The van der Waals surface area contributed by atoms with Crippen molar-refractivity contribution in [2.24, 2.45) is 35.0 Å². The second-order valence-electron chi connectivity index (χ2n) is 11.0. The summed E-state index contributed by atoms with van der Waals surface area (Å²) in [5.74, 6) is 2.10. The van der Waals surface area contributed by atoms with Crippen LogP contribution in [0.2, 0.25) is 0 Å². The molecule has 5 aliphatic rings. The third-order valence-electron chi connectivity index (χ3n) is 8.80. The fraction of sp³-hybridized carbons (Fsp3) is 0.808. The molecule has 1 N–H and O–H groups in total. The smallest absolute Gasteiger partial charge is 0.308 e. The first-order valence-electron chi connectivity index (χ1n) is 12.4. The maximum Gasteiger partial charge on any atom is 0.308 e. The second kappa shape index (κ2) is 8.00. The van der Waals surface area contributed by atoms with E-state index in [0.29, 0.717) is 36.0 Å². The van der Waals surface area contributed by atoms with Crippen LogP contribution in [0.15, 0.2) is 23.8 Å². The van der Waals surface area contributed by atoms with E-state index >= 15 is 0 Å². The first kappa shape index (κ1) is 21.7. The van der Waals surface area contributed by atoms with Crippen LogP contribution < -0.4 is 0 Å². The lowest BCUT2D eigenvalue weighted by Crippen LogP contribution is -2.43. The van der Waals surface area contributed by atoms with E-state index in [9.17, 15) is 9.90 Å². The van der Waals surface area contributed by atoms with Crippen LogP contribution in [0.3, 0.4) is 0 Å². The molecular weight excluding hydrogens is 392 g/mol. The van der Waals surface area contributed by atoms with Gasteiger partial charge in [0.25, 0.3) is 0 Å². The molecule has 11 atom stereocenters. The van der Waals surface area contributed by atoms with Gasteiger partial charge >= 0.3 is 5.97 Å². The van der Waals surface area contributed by atoms with Gasteiger partial charge in [-0.1, -0.05) is 52.3 Å². The Bertz CT molecular complexity index is 774. The van der Waals surface area contributed by atoms with Crippen molar-refractivity contribution in [3.8, 4) is 0 Å². The number of fused-ring (bicyclic) bond motifs is 2. The molecule has 0 aromatic carbocycles. The summed E-state index contributed by atoms with van der Waals surface area (Å²) >= 11 is 0. The Labute approximate surface area is 186 Å². The van der Waals surface area contributed by atoms with Crippen LogP contribution in [0, 0.1) is 35.0 Å². The van der Waals surface area contributed by atoms with Crippen molar-refractivity contribution in [2.75, 3.05) is 0 Å². The summed E-state index contributed by atoms with van der Waals surface area (Å²) in [5.41, 5.74) is 1.59. The Morgan fingerprint density at radius 1 is 1.32 bits per heavy atom. The van der Waals surface area contributed by atoms with Crippen LogP contribution in [0.25, 0.3) is 0 Å². The minimum atomic E-state index is -0.559. The third kappa shape index (κ3) is 3.91. The van der Waals surface area contributed by atoms with Gasteiger partial charge in [-0.3, -0.25) is 4.79 Å². The maximum absolute atomic E-state index is 11.8. The molecular formula is C26H38O5. The second-order valence-corrected chi connectivity index (χ2v) is 11.0. The SMILES string of the molecule is CC[C@H](C)C1OC1O[C@H]1C[C@@H](C)C=C2C=C[C@H](C)C3(CC3C[C@@H]3C[C@@H](O)CC(=O)O3)[C@H]21. The minimum Gasteiger partial charge on any atom is -0.462 e. The van der Waals surface area contributed by atoms with E-state index in [0.717, 1.165) is 25.7 Å². The van der Waals surface area contributed by atoms with Gasteiger partial charge in [-0.25, -0.2) is 0 Å². The van der Waals surface area contributed by atoms with E-state index in [2.05, 4.69) is 45.9 Å². The highest BCUT2D eigenvalue weighted by Crippen LogP contribution is 2.70. The molecule has 0 aromatic heterocycles. The van der Waals surface area contributed by atoms with Crippen LogP contribution in [-0.2, 0) is 19.0 Å². The highest BCUT2D eigenvalue weighted by molar-refractivity contribution is 5.71. The van der Waals surface area contributed by atoms with E-state index in [1.54, 1.807) is 0 Å². The number of hydrogen-bond acceptors (Lipinski definition) is 5. The van der Waals surface area contributed by atoms with Crippen molar-refractivity contribution in [3.05, 3.63) is 23.8 Å². The molecule has 0 amide bonds. The van der Waals surface area contributed by atoms with Crippen molar-refractivity contribution in [2.45, 2.75) is 96.9 Å². The molecule has 3 aliphatic carbocycles. The molecule has 0 bridgehead atoms. The molecule has 5 heteroatoms. The molecule has 31 heavy (non-hydrogen) atoms. The molecule has 2 aliphatic heterocycles. The van der Waals surface area contributed by atoms with Gasteiger partial charge < -0.3 is 19.3 Å². The topological polar surface area (TPSA) is 68.3 Å². The van der Waals surface area contributed by atoms with Crippen molar-refractivity contribution in [1.82, 2.24) is 0 Å². The van der Waals surface area contributed by atoms with Gasteiger partial charge in [0.15, 0.2) is 6.29 Å². The number of carbonyl (C=O) groups is 1. The number of carbonyl (C=O) groups excluding carboxylic acids is 1. The van der Waals surface area contributed by atoms with Crippen molar-refractivity contribution in [1.29, 1.82) is 0 Å². The van der Waals surface area contributed by atoms with E-state index in [1.807, 2.05) is 0 Å². The number of epoxide rings is 1. The molecule has 0 radical (unpaired) electrons. The predicted octanol–water partition coefficient (Wildman–Crippen LogP) is 4.39. The van der Waals surface area contributed by atoms with Gasteiger partial charge in [-0.05, 0) is 53.9 Å². The summed E-state index contributed by atoms with van der Waals surface area (Å²) < 4.78 is 18.2. The summed E-state index contributed by atoms with van der Waals surface area (Å²) in [6, 6.07) is 0. The monoisotopic (exact) mass is 430 g/mol. The number of esters is 1. The lowest BCUT2D eigenvalue weighted by molar-refractivity contribution is -0.161. The van der Waals surface area contributed by atoms with Gasteiger partial charge in [0.1, 0.15) is 12.2 Å². The minimum absolute atomic E-state index is 0.0589. The molecule has 0 aromatic rings. The maximum atomic E-state index is 11.8. The van der Waals surface area contributed by atoms with Crippen molar-refractivity contribution >= 4 is 5.97 Å². The van der Waals surface area contributed by atoms with E-state index in [4.69, 9.17) is 14.2 Å². The van der Waals surface area contributed by atoms with Crippen LogP contribution in [0.4, 0.5) is 0 Å². The van der Waals surface area contributed by atoms with Crippen molar-refractivity contribution in [3.63, 3.8) is 0 Å². The fourth-order valence-corrected chi connectivity index (χ4v) is 6.84. The first-order chi connectivity index (χ1) is 14.8. The standard InChI is InChI=1S/C26H38O5/c1-5-15(3)24-25(31-24)30-21-9-14(2)8-17-7-6-16(4)26(23(17)21)13-18(26)10-20-11-19(27)12-22(28)29-20/h6-8,14-16,18-21,23-25,27H,5,9-13H2,1-4H3/t14-,15-,16-,18?,19+,20+,21-,23+,24?,25?,26?/m0/s1. The summed E-state index contributed by atoms with van der Waals surface area (Å²) in [7, 11) is 0. The highest BCUT2D eigenvalue weighted by Gasteiger charge is 2.66. The molecule has 4 unspecified atom stereocenters. The number of aliphatic hydroxyl groups is 1. The number of cyclic esters (lactones) is 1. The number of allylic oxidation sites excluding steroid dienone is 3. The Morgan fingerprint density at radius 2 is 2.13 bits per heavy atom. The summed E-state index contributed by atoms with van der Waals surface area (Å²) in [6.45, 7) is 9.07. The zero-order valence-electron chi connectivity index (χ0n) is 19.3. The Morgan fingerprint density at radius 3 is 2.87 bits per heavy atom. The normalized spacial score (nSPS) is 49.3.